The summed E-state index contributed by atoms with van der Waals surface area (Å²) < 4.78 is 16.3. The summed E-state index contributed by atoms with van der Waals surface area (Å²) in [4.78, 5) is 11.7. The Labute approximate surface area is 136 Å². The van der Waals surface area contributed by atoms with E-state index in [9.17, 15) is 4.79 Å². The highest BCUT2D eigenvalue weighted by molar-refractivity contribution is 9.10. The molecular formula is C15H15BrN2O4. The fraction of sp³-hybridized carbons (Fsp3) is 0.200. The number of methoxy groups -OCH3 is 1. The number of ether oxygens (including phenoxy) is 2. The lowest BCUT2D eigenvalue weighted by Crippen LogP contribution is -2.16. The monoisotopic (exact) mass is 366 g/mol. The van der Waals surface area contributed by atoms with Crippen LogP contribution in [0, 0.1) is 0 Å². The summed E-state index contributed by atoms with van der Waals surface area (Å²) in [6, 6.07) is 8.55. The summed E-state index contributed by atoms with van der Waals surface area (Å²) in [6.45, 7) is 2.45. The molecule has 7 heteroatoms. The quantitative estimate of drug-likeness (QED) is 0.629. The lowest BCUT2D eigenvalue weighted by Gasteiger charge is -2.09. The molecule has 0 fully saturated rings. The van der Waals surface area contributed by atoms with Gasteiger partial charge in [-0.1, -0.05) is 0 Å². The zero-order valence-corrected chi connectivity index (χ0v) is 13.7. The van der Waals surface area contributed by atoms with Crippen LogP contribution in [0.2, 0.25) is 0 Å². The number of carbonyl (C=O) groups excluding carboxylic acids is 1. The molecule has 0 aliphatic heterocycles. The number of benzene rings is 1. The minimum atomic E-state index is -0.431. The average Bonchev–Trinajstić information content (AvgIpc) is 2.95. The molecule has 1 heterocycles. The van der Waals surface area contributed by atoms with Crippen molar-refractivity contribution in [3.63, 3.8) is 0 Å². The minimum absolute atomic E-state index is 0.174. The van der Waals surface area contributed by atoms with Gasteiger partial charge in [-0.15, -0.1) is 0 Å². The Bertz CT molecular complexity index is 682. The van der Waals surface area contributed by atoms with Gasteiger partial charge in [0.1, 0.15) is 0 Å². The molecule has 22 heavy (non-hydrogen) atoms. The molecule has 0 saturated heterocycles. The van der Waals surface area contributed by atoms with E-state index in [-0.39, 0.29) is 5.76 Å². The Kier molecular flexibility index (Phi) is 5.60. The Hall–Kier alpha value is -2.28. The zero-order chi connectivity index (χ0) is 15.9. The predicted molar refractivity (Wildman–Crippen MR) is 85.6 cm³/mol. The second-order valence-electron chi connectivity index (χ2n) is 4.15. The molecule has 0 unspecified atom stereocenters. The number of halogens is 1. The molecule has 0 saturated carbocycles. The molecule has 0 aliphatic carbocycles. The average molecular weight is 367 g/mol. The van der Waals surface area contributed by atoms with Gasteiger partial charge in [0.25, 0.3) is 0 Å². The molecule has 1 amide bonds. The lowest BCUT2D eigenvalue weighted by atomic mass is 10.2. The Morgan fingerprint density at radius 2 is 2.18 bits per heavy atom. The summed E-state index contributed by atoms with van der Waals surface area (Å²) >= 11 is 3.13. The fourth-order valence-electron chi connectivity index (χ4n) is 1.70. The van der Waals surface area contributed by atoms with Gasteiger partial charge in [0, 0.05) is 0 Å². The normalized spacial score (nSPS) is 10.7. The molecule has 1 aromatic carbocycles. The highest BCUT2D eigenvalue weighted by Gasteiger charge is 2.09. The van der Waals surface area contributed by atoms with E-state index in [0.29, 0.717) is 22.8 Å². The summed E-state index contributed by atoms with van der Waals surface area (Å²) in [5.41, 5.74) is 3.15. The first kappa shape index (κ1) is 16.1. The number of carbonyl (C=O) groups is 1. The van der Waals surface area contributed by atoms with E-state index < -0.39 is 5.91 Å². The topological polar surface area (TPSA) is 73.1 Å². The smallest absolute Gasteiger partial charge is 0.307 e. The van der Waals surface area contributed by atoms with Gasteiger partial charge in [-0.2, -0.15) is 5.10 Å². The van der Waals surface area contributed by atoms with Gasteiger partial charge in [-0.05, 0) is 58.7 Å². The maximum absolute atomic E-state index is 11.7. The number of amides is 1. The van der Waals surface area contributed by atoms with Crippen molar-refractivity contribution < 1.29 is 18.7 Å². The highest BCUT2D eigenvalue weighted by atomic mass is 79.9. The van der Waals surface area contributed by atoms with E-state index in [4.69, 9.17) is 13.9 Å². The number of furan rings is 1. The molecule has 6 nitrogen and oxygen atoms in total. The van der Waals surface area contributed by atoms with E-state index >= 15 is 0 Å². The van der Waals surface area contributed by atoms with Gasteiger partial charge >= 0.3 is 5.91 Å². The van der Waals surface area contributed by atoms with E-state index in [2.05, 4.69) is 26.5 Å². The number of rotatable bonds is 6. The van der Waals surface area contributed by atoms with Crippen molar-refractivity contribution in [1.29, 1.82) is 0 Å². The van der Waals surface area contributed by atoms with E-state index in [0.717, 1.165) is 5.56 Å². The Balaban J connectivity index is 2.02. The molecule has 0 radical (unpaired) electrons. The van der Waals surface area contributed by atoms with Gasteiger partial charge in [0.05, 0.1) is 19.9 Å². The number of hydrogen-bond donors (Lipinski definition) is 1. The van der Waals surface area contributed by atoms with Crippen molar-refractivity contribution in [3.8, 4) is 11.5 Å². The molecule has 1 aromatic heterocycles. The van der Waals surface area contributed by atoms with Gasteiger partial charge in [-0.25, -0.2) is 5.43 Å². The van der Waals surface area contributed by atoms with Crippen molar-refractivity contribution >= 4 is 28.1 Å². The highest BCUT2D eigenvalue weighted by Crippen LogP contribution is 2.27. The lowest BCUT2D eigenvalue weighted by molar-refractivity contribution is 0.0926. The molecule has 0 spiro atoms. The Morgan fingerprint density at radius 3 is 2.82 bits per heavy atom. The summed E-state index contributed by atoms with van der Waals surface area (Å²) in [5, 5.41) is 3.88. The number of nitrogens with one attached hydrogen (secondary N) is 1. The van der Waals surface area contributed by atoms with Gasteiger partial charge in [-0.3, -0.25) is 4.79 Å². The number of nitrogens with zero attached hydrogens (tertiary/aromatic N) is 1. The van der Waals surface area contributed by atoms with Crippen LogP contribution >= 0.6 is 15.9 Å². The molecular weight excluding hydrogens is 352 g/mol. The van der Waals surface area contributed by atoms with Crippen LogP contribution in [0.1, 0.15) is 23.0 Å². The molecule has 0 atom stereocenters. The van der Waals surface area contributed by atoms with E-state index in [1.807, 2.05) is 13.0 Å². The van der Waals surface area contributed by atoms with Crippen LogP contribution in [-0.2, 0) is 0 Å². The van der Waals surface area contributed by atoms with Crippen molar-refractivity contribution in [2.24, 2.45) is 5.10 Å². The molecule has 1 N–H and O–H groups in total. The van der Waals surface area contributed by atoms with Crippen molar-refractivity contribution in [2.45, 2.75) is 6.92 Å². The number of hydrazone groups is 1. The maximum Gasteiger partial charge on any atom is 0.307 e. The maximum atomic E-state index is 11.7. The SMILES string of the molecule is CCOc1ccc(/C=N/NC(=O)c2ccc(Br)o2)cc1OC. The van der Waals surface area contributed by atoms with Gasteiger partial charge in [0.2, 0.25) is 0 Å². The molecule has 0 aliphatic rings. The van der Waals surface area contributed by atoms with E-state index in [1.54, 1.807) is 31.4 Å². The van der Waals surface area contributed by atoms with Crippen LogP contribution in [0.4, 0.5) is 0 Å². The first-order chi connectivity index (χ1) is 10.6. The van der Waals surface area contributed by atoms with Crippen LogP contribution in [0.5, 0.6) is 11.5 Å². The minimum Gasteiger partial charge on any atom is -0.493 e. The summed E-state index contributed by atoms with van der Waals surface area (Å²) in [6.07, 6.45) is 1.51. The molecule has 2 aromatic rings. The third-order valence-corrected chi connectivity index (χ3v) is 3.09. The van der Waals surface area contributed by atoms with E-state index in [1.165, 1.54) is 6.21 Å². The van der Waals surface area contributed by atoms with Crippen molar-refractivity contribution in [1.82, 2.24) is 5.43 Å². The fourth-order valence-corrected chi connectivity index (χ4v) is 2.00. The first-order valence-electron chi connectivity index (χ1n) is 6.53. The number of hydrogen-bond acceptors (Lipinski definition) is 5. The molecule has 0 bridgehead atoms. The summed E-state index contributed by atoms with van der Waals surface area (Å²) in [7, 11) is 1.56. The third kappa shape index (κ3) is 4.11. The first-order valence-corrected chi connectivity index (χ1v) is 7.33. The molecule has 116 valence electrons. The van der Waals surface area contributed by atoms with Gasteiger partial charge in [0.15, 0.2) is 21.9 Å². The van der Waals surface area contributed by atoms with Crippen LogP contribution in [0.15, 0.2) is 44.5 Å². The van der Waals surface area contributed by atoms with Crippen LogP contribution in [-0.4, -0.2) is 25.8 Å². The molecule has 2 rings (SSSR count). The van der Waals surface area contributed by atoms with Crippen LogP contribution < -0.4 is 14.9 Å². The zero-order valence-electron chi connectivity index (χ0n) is 12.1. The predicted octanol–water partition coefficient (Wildman–Crippen LogP) is 3.21. The Morgan fingerprint density at radius 1 is 1.36 bits per heavy atom. The standard InChI is InChI=1S/C15H15BrN2O4/c1-3-21-11-5-4-10(8-13(11)20-2)9-17-18-15(19)12-6-7-14(16)22-12/h4-9H,3H2,1-2H3,(H,18,19)/b17-9+. The van der Waals surface area contributed by atoms with Crippen LogP contribution in [0.3, 0.4) is 0 Å². The third-order valence-electron chi connectivity index (χ3n) is 2.66. The summed E-state index contributed by atoms with van der Waals surface area (Å²) in [5.74, 6) is 1.01. The van der Waals surface area contributed by atoms with Crippen molar-refractivity contribution in [2.75, 3.05) is 13.7 Å². The second-order valence-corrected chi connectivity index (χ2v) is 4.93. The van der Waals surface area contributed by atoms with Crippen LogP contribution in [0.25, 0.3) is 0 Å². The largest absolute Gasteiger partial charge is 0.493 e. The van der Waals surface area contributed by atoms with Gasteiger partial charge < -0.3 is 13.9 Å². The second kappa shape index (κ2) is 7.65. The van der Waals surface area contributed by atoms with Crippen molar-refractivity contribution in [3.05, 3.63) is 46.3 Å².